The van der Waals surface area contributed by atoms with Gasteiger partial charge in [0.25, 0.3) is 0 Å². The average Bonchev–Trinajstić information content (AvgIpc) is 2.68. The van der Waals surface area contributed by atoms with Crippen LogP contribution in [0, 0.1) is 5.92 Å². The molecule has 0 aliphatic carbocycles. The van der Waals surface area contributed by atoms with Crippen molar-refractivity contribution in [2.75, 3.05) is 0 Å². The van der Waals surface area contributed by atoms with Crippen LogP contribution >= 0.6 is 0 Å². The first-order valence-corrected chi connectivity index (χ1v) is 9.12. The highest BCUT2D eigenvalue weighted by atomic mass is 16.1. The van der Waals surface area contributed by atoms with Crippen molar-refractivity contribution >= 4 is 5.91 Å². The zero-order chi connectivity index (χ0) is 18.4. The summed E-state index contributed by atoms with van der Waals surface area (Å²) < 4.78 is 0. The predicted octanol–water partition coefficient (Wildman–Crippen LogP) is 5.41. The molecule has 26 heavy (non-hydrogen) atoms. The zero-order valence-corrected chi connectivity index (χ0v) is 15.4. The minimum absolute atomic E-state index is 0.0345. The van der Waals surface area contributed by atoms with Gasteiger partial charge >= 0.3 is 0 Å². The fraction of sp³-hybridized carbons (Fsp3) is 0.208. The summed E-state index contributed by atoms with van der Waals surface area (Å²) in [7, 11) is 0. The Labute approximate surface area is 155 Å². The molecule has 3 rings (SSSR count). The Morgan fingerprint density at radius 1 is 0.769 bits per heavy atom. The van der Waals surface area contributed by atoms with Gasteiger partial charge in [0.15, 0.2) is 0 Å². The molecule has 0 spiro atoms. The van der Waals surface area contributed by atoms with E-state index >= 15 is 0 Å². The first-order chi connectivity index (χ1) is 12.6. The summed E-state index contributed by atoms with van der Waals surface area (Å²) in [4.78, 5) is 12.5. The zero-order valence-electron chi connectivity index (χ0n) is 15.4. The molecule has 0 aromatic heterocycles. The van der Waals surface area contributed by atoms with Crippen molar-refractivity contribution in [3.63, 3.8) is 0 Å². The summed E-state index contributed by atoms with van der Waals surface area (Å²) in [5, 5.41) is 3.19. The van der Waals surface area contributed by atoms with E-state index in [-0.39, 0.29) is 11.9 Å². The molecular formula is C24H25NO. The second-order valence-corrected chi connectivity index (χ2v) is 6.94. The Morgan fingerprint density at radius 3 is 1.88 bits per heavy atom. The fourth-order valence-electron chi connectivity index (χ4n) is 3.15. The molecule has 2 nitrogen and oxygen atoms in total. The molecule has 0 unspecified atom stereocenters. The van der Waals surface area contributed by atoms with E-state index in [4.69, 9.17) is 0 Å². The molecular weight excluding hydrogens is 318 g/mol. The number of nitrogens with one attached hydrogen (secondary N) is 1. The predicted molar refractivity (Wildman–Crippen MR) is 108 cm³/mol. The van der Waals surface area contributed by atoms with E-state index in [2.05, 4.69) is 55.6 Å². The van der Waals surface area contributed by atoms with Gasteiger partial charge in [-0.25, -0.2) is 0 Å². The van der Waals surface area contributed by atoms with Crippen LogP contribution in [0.4, 0.5) is 0 Å². The number of hydrogen-bond acceptors (Lipinski definition) is 1. The Bertz CT molecular complexity index is 823. The normalized spacial score (nSPS) is 12.0. The Morgan fingerprint density at radius 2 is 1.31 bits per heavy atom. The number of carbonyl (C=O) groups is 1. The van der Waals surface area contributed by atoms with E-state index in [1.54, 1.807) is 0 Å². The van der Waals surface area contributed by atoms with Gasteiger partial charge in [0.05, 0.1) is 12.5 Å². The summed E-state index contributed by atoms with van der Waals surface area (Å²) in [5.74, 6) is 0.391. The molecule has 0 heterocycles. The Kier molecular flexibility index (Phi) is 5.85. The third-order valence-electron chi connectivity index (χ3n) is 4.57. The molecule has 0 aliphatic rings. The lowest BCUT2D eigenvalue weighted by atomic mass is 9.95. The standard InChI is InChI=1S/C24H25NO/c1-18(2)24(22-11-7-4-8-12-22)25-23(26)17-19-13-15-21(16-14-19)20-9-5-3-6-10-20/h3-16,18,24H,17H2,1-2H3,(H,25,26)/t24-/m1/s1. The molecule has 1 amide bonds. The lowest BCUT2D eigenvalue weighted by Crippen LogP contribution is -2.32. The van der Waals surface area contributed by atoms with Crippen LogP contribution in [0.2, 0.25) is 0 Å². The van der Waals surface area contributed by atoms with Gasteiger partial charge in [0.1, 0.15) is 0 Å². The lowest BCUT2D eigenvalue weighted by Gasteiger charge is -2.23. The lowest BCUT2D eigenvalue weighted by molar-refractivity contribution is -0.121. The second kappa shape index (κ2) is 8.48. The maximum absolute atomic E-state index is 12.5. The van der Waals surface area contributed by atoms with Gasteiger partial charge in [-0.2, -0.15) is 0 Å². The van der Waals surface area contributed by atoms with Gasteiger partial charge in [-0.1, -0.05) is 98.8 Å². The van der Waals surface area contributed by atoms with E-state index in [0.29, 0.717) is 12.3 Å². The van der Waals surface area contributed by atoms with Crippen LogP contribution in [-0.2, 0) is 11.2 Å². The summed E-state index contributed by atoms with van der Waals surface area (Å²) in [6.45, 7) is 4.26. The van der Waals surface area contributed by atoms with E-state index in [0.717, 1.165) is 11.1 Å². The monoisotopic (exact) mass is 343 g/mol. The molecule has 2 heteroatoms. The molecule has 0 saturated heterocycles. The van der Waals surface area contributed by atoms with Crippen molar-refractivity contribution in [1.82, 2.24) is 5.32 Å². The Hall–Kier alpha value is -2.87. The maximum Gasteiger partial charge on any atom is 0.224 e. The molecule has 3 aromatic rings. The highest BCUT2D eigenvalue weighted by Gasteiger charge is 2.18. The van der Waals surface area contributed by atoms with Gasteiger partial charge < -0.3 is 5.32 Å². The maximum atomic E-state index is 12.5. The summed E-state index contributed by atoms with van der Waals surface area (Å²) in [6, 6.07) is 28.7. The number of benzene rings is 3. The molecule has 132 valence electrons. The van der Waals surface area contributed by atoms with Crippen molar-refractivity contribution in [2.45, 2.75) is 26.3 Å². The average molecular weight is 343 g/mol. The van der Waals surface area contributed by atoms with Crippen molar-refractivity contribution in [2.24, 2.45) is 5.92 Å². The highest BCUT2D eigenvalue weighted by molar-refractivity contribution is 5.79. The largest absolute Gasteiger partial charge is 0.349 e. The first kappa shape index (κ1) is 17.9. The van der Waals surface area contributed by atoms with E-state index in [9.17, 15) is 4.79 Å². The van der Waals surface area contributed by atoms with Crippen LogP contribution in [-0.4, -0.2) is 5.91 Å². The van der Waals surface area contributed by atoms with Gasteiger partial charge in [0.2, 0.25) is 5.91 Å². The number of carbonyl (C=O) groups excluding carboxylic acids is 1. The van der Waals surface area contributed by atoms with Crippen LogP contribution in [0.3, 0.4) is 0 Å². The Balaban J connectivity index is 1.66. The molecule has 0 fully saturated rings. The van der Waals surface area contributed by atoms with Crippen molar-refractivity contribution in [3.05, 3.63) is 96.1 Å². The molecule has 0 radical (unpaired) electrons. The molecule has 1 atom stereocenters. The first-order valence-electron chi connectivity index (χ1n) is 9.12. The fourth-order valence-corrected chi connectivity index (χ4v) is 3.15. The molecule has 0 saturated carbocycles. The van der Waals surface area contributed by atoms with Crippen LogP contribution in [0.15, 0.2) is 84.9 Å². The minimum atomic E-state index is 0.0345. The third kappa shape index (κ3) is 4.60. The SMILES string of the molecule is CC(C)[C@@H](NC(=O)Cc1ccc(-c2ccccc2)cc1)c1ccccc1. The number of rotatable bonds is 6. The van der Waals surface area contributed by atoms with E-state index in [1.807, 2.05) is 48.5 Å². The van der Waals surface area contributed by atoms with Crippen LogP contribution < -0.4 is 5.32 Å². The quantitative estimate of drug-likeness (QED) is 0.637. The van der Waals surface area contributed by atoms with Crippen LogP contribution in [0.5, 0.6) is 0 Å². The minimum Gasteiger partial charge on any atom is -0.349 e. The van der Waals surface area contributed by atoms with Gasteiger partial charge in [-0.05, 0) is 28.2 Å². The summed E-state index contributed by atoms with van der Waals surface area (Å²) >= 11 is 0. The van der Waals surface area contributed by atoms with Crippen molar-refractivity contribution in [3.8, 4) is 11.1 Å². The topological polar surface area (TPSA) is 29.1 Å². The van der Waals surface area contributed by atoms with Crippen molar-refractivity contribution in [1.29, 1.82) is 0 Å². The van der Waals surface area contributed by atoms with Gasteiger partial charge in [-0.3, -0.25) is 4.79 Å². The number of amides is 1. The highest BCUT2D eigenvalue weighted by Crippen LogP contribution is 2.22. The van der Waals surface area contributed by atoms with E-state index < -0.39 is 0 Å². The summed E-state index contributed by atoms with van der Waals surface area (Å²) in [5.41, 5.74) is 4.53. The number of hydrogen-bond donors (Lipinski definition) is 1. The molecule has 3 aromatic carbocycles. The van der Waals surface area contributed by atoms with Crippen LogP contribution in [0.25, 0.3) is 11.1 Å². The van der Waals surface area contributed by atoms with Crippen molar-refractivity contribution < 1.29 is 4.79 Å². The molecule has 0 aliphatic heterocycles. The van der Waals surface area contributed by atoms with E-state index in [1.165, 1.54) is 11.1 Å². The van der Waals surface area contributed by atoms with Gasteiger partial charge in [-0.15, -0.1) is 0 Å². The van der Waals surface area contributed by atoms with Gasteiger partial charge in [0, 0.05) is 0 Å². The van der Waals surface area contributed by atoms with Crippen LogP contribution in [0.1, 0.15) is 31.0 Å². The molecule has 1 N–H and O–H groups in total. The molecule has 0 bridgehead atoms. The third-order valence-corrected chi connectivity index (χ3v) is 4.57. The summed E-state index contributed by atoms with van der Waals surface area (Å²) in [6.07, 6.45) is 0.394. The smallest absolute Gasteiger partial charge is 0.224 e. The second-order valence-electron chi connectivity index (χ2n) is 6.94.